The summed E-state index contributed by atoms with van der Waals surface area (Å²) in [5, 5.41) is 2.81. The Hall–Kier alpha value is -2.17. The summed E-state index contributed by atoms with van der Waals surface area (Å²) in [6.07, 6.45) is 3.06. The molecule has 0 saturated carbocycles. The molecule has 0 saturated heterocycles. The minimum atomic E-state index is -0.513. The molecule has 0 amide bonds. The van der Waals surface area contributed by atoms with Gasteiger partial charge in [-0.1, -0.05) is 4.52 Å². The zero-order valence-electron chi connectivity index (χ0n) is 8.06. The third kappa shape index (κ3) is 1.71. The molecule has 15 heavy (non-hydrogen) atoms. The quantitative estimate of drug-likeness (QED) is 0.528. The highest BCUT2D eigenvalue weighted by atomic mass is 16.5. The summed E-state index contributed by atoms with van der Waals surface area (Å²) < 4.78 is 6.31. The lowest BCUT2D eigenvalue weighted by Crippen LogP contribution is -2.32. The molecule has 2 rings (SSSR count). The van der Waals surface area contributed by atoms with E-state index in [1.54, 1.807) is 28.9 Å². The van der Waals surface area contributed by atoms with Gasteiger partial charge in [-0.3, -0.25) is 9.59 Å². The third-order valence-corrected chi connectivity index (χ3v) is 1.90. The molecular formula is C10H9N2O3+. The third-order valence-electron chi connectivity index (χ3n) is 1.90. The lowest BCUT2D eigenvalue weighted by atomic mass is 10.3. The number of ether oxygens (including phenoxy) is 1. The molecule has 0 atom stereocenters. The first kappa shape index (κ1) is 9.39. The van der Waals surface area contributed by atoms with E-state index in [2.05, 4.69) is 5.10 Å². The predicted molar refractivity (Wildman–Crippen MR) is 51.5 cm³/mol. The van der Waals surface area contributed by atoms with Crippen LogP contribution in [0.4, 0.5) is 0 Å². The first-order valence-electron chi connectivity index (χ1n) is 4.39. The van der Waals surface area contributed by atoms with E-state index in [4.69, 9.17) is 4.74 Å². The molecule has 0 radical (unpaired) electrons. The highest BCUT2D eigenvalue weighted by Gasteiger charge is 2.12. The van der Waals surface area contributed by atoms with Crippen LogP contribution in [0, 0.1) is 0 Å². The molecule has 5 nitrogen and oxygen atoms in total. The van der Waals surface area contributed by atoms with Gasteiger partial charge in [-0.25, -0.2) is 0 Å². The van der Waals surface area contributed by atoms with Crippen molar-refractivity contribution in [2.75, 3.05) is 0 Å². The summed E-state index contributed by atoms with van der Waals surface area (Å²) in [5.74, 6) is -0.505. The molecule has 0 aromatic carbocycles. The van der Waals surface area contributed by atoms with Crippen molar-refractivity contribution in [1.82, 2.24) is 5.10 Å². The Labute approximate surface area is 84.9 Å². The summed E-state index contributed by atoms with van der Waals surface area (Å²) in [6, 6.07) is 5.17. The van der Waals surface area contributed by atoms with Crippen LogP contribution in [0.15, 0.2) is 35.4 Å². The second kappa shape index (κ2) is 3.53. The Kier molecular flexibility index (Phi) is 2.21. The van der Waals surface area contributed by atoms with E-state index in [0.29, 0.717) is 5.52 Å². The largest absolute Gasteiger partial charge is 0.420 e. The van der Waals surface area contributed by atoms with Crippen molar-refractivity contribution < 1.29 is 14.0 Å². The molecule has 0 aliphatic rings. The van der Waals surface area contributed by atoms with Crippen LogP contribution in [0.2, 0.25) is 0 Å². The summed E-state index contributed by atoms with van der Waals surface area (Å²) in [6.45, 7) is 1.25. The maximum atomic E-state index is 11.7. The number of aromatic amines is 1. The molecule has 2 aromatic heterocycles. The van der Waals surface area contributed by atoms with Crippen molar-refractivity contribution >= 4 is 11.5 Å². The number of esters is 1. The lowest BCUT2D eigenvalue weighted by molar-refractivity contribution is -0.581. The van der Waals surface area contributed by atoms with Crippen LogP contribution in [0.1, 0.15) is 6.92 Å². The molecule has 1 N–H and O–H groups in total. The second-order valence-corrected chi connectivity index (χ2v) is 3.02. The first-order chi connectivity index (χ1) is 7.18. The number of aromatic nitrogens is 2. The van der Waals surface area contributed by atoms with Gasteiger partial charge in [0.2, 0.25) is 11.9 Å². The first-order valence-corrected chi connectivity index (χ1v) is 4.39. The zero-order valence-corrected chi connectivity index (χ0v) is 8.06. The number of hydrogen-bond donors (Lipinski definition) is 1. The Balaban J connectivity index is 2.65. The maximum Gasteiger partial charge on any atom is 0.308 e. The number of hydrogen-bond acceptors (Lipinski definition) is 3. The van der Waals surface area contributed by atoms with Crippen molar-refractivity contribution in [3.05, 3.63) is 40.8 Å². The average Bonchev–Trinajstić information content (AvgIpc) is 2.22. The van der Waals surface area contributed by atoms with Crippen molar-refractivity contribution in [1.29, 1.82) is 0 Å². The Morgan fingerprint density at radius 1 is 1.47 bits per heavy atom. The van der Waals surface area contributed by atoms with Crippen LogP contribution in [0.3, 0.4) is 0 Å². The van der Waals surface area contributed by atoms with Gasteiger partial charge in [-0.2, -0.15) is 5.10 Å². The van der Waals surface area contributed by atoms with Crippen LogP contribution < -0.4 is 14.7 Å². The van der Waals surface area contributed by atoms with E-state index in [-0.39, 0.29) is 11.2 Å². The number of rotatable bonds is 1. The molecule has 0 aliphatic carbocycles. The SMILES string of the molecule is CC(=O)Oc1c[nH][n+]2ccccc2c1=O. The number of carbonyl (C=O) groups is 1. The van der Waals surface area contributed by atoms with Gasteiger partial charge >= 0.3 is 5.97 Å². The molecule has 0 unspecified atom stereocenters. The van der Waals surface area contributed by atoms with Gasteiger partial charge in [0, 0.05) is 19.1 Å². The molecule has 0 spiro atoms. The van der Waals surface area contributed by atoms with E-state index < -0.39 is 5.97 Å². The highest BCUT2D eigenvalue weighted by molar-refractivity contribution is 5.69. The second-order valence-electron chi connectivity index (χ2n) is 3.02. The molecule has 2 heterocycles. The number of H-pyrrole nitrogens is 1. The van der Waals surface area contributed by atoms with Gasteiger partial charge in [-0.15, -0.1) is 0 Å². The fourth-order valence-corrected chi connectivity index (χ4v) is 1.29. The molecule has 76 valence electrons. The molecule has 0 bridgehead atoms. The number of fused-ring (bicyclic) bond motifs is 1. The number of nitrogens with one attached hydrogen (secondary N) is 1. The van der Waals surface area contributed by atoms with Crippen molar-refractivity contribution in [2.45, 2.75) is 6.92 Å². The highest BCUT2D eigenvalue weighted by Crippen LogP contribution is 2.00. The van der Waals surface area contributed by atoms with Crippen LogP contribution in [-0.2, 0) is 4.79 Å². The van der Waals surface area contributed by atoms with Crippen LogP contribution in [0.25, 0.3) is 5.52 Å². The molecule has 0 fully saturated rings. The average molecular weight is 205 g/mol. The fourth-order valence-electron chi connectivity index (χ4n) is 1.29. The Bertz CT molecular complexity index is 574. The van der Waals surface area contributed by atoms with Crippen LogP contribution in [0.5, 0.6) is 5.75 Å². The normalized spacial score (nSPS) is 10.2. The summed E-state index contributed by atoms with van der Waals surface area (Å²) in [4.78, 5) is 22.5. The number of pyridine rings is 1. The van der Waals surface area contributed by atoms with Gasteiger partial charge in [0.05, 0.1) is 0 Å². The van der Waals surface area contributed by atoms with Gasteiger partial charge in [0.1, 0.15) is 6.20 Å². The summed E-state index contributed by atoms with van der Waals surface area (Å²) >= 11 is 0. The fraction of sp³-hybridized carbons (Fsp3) is 0.100. The van der Waals surface area contributed by atoms with Gasteiger partial charge < -0.3 is 4.74 Å². The molecule has 0 aliphatic heterocycles. The zero-order chi connectivity index (χ0) is 10.8. The lowest BCUT2D eigenvalue weighted by Gasteiger charge is -1.97. The molecule has 5 heteroatoms. The summed E-state index contributed by atoms with van der Waals surface area (Å²) in [7, 11) is 0. The van der Waals surface area contributed by atoms with Gasteiger partial charge in [0.15, 0.2) is 0 Å². The van der Waals surface area contributed by atoms with Crippen molar-refractivity contribution in [2.24, 2.45) is 0 Å². The minimum Gasteiger partial charge on any atom is -0.420 e. The minimum absolute atomic E-state index is 0.00806. The standard InChI is InChI=1S/C10H8N2O3/c1-7(13)15-9-6-11-12-5-3-2-4-8(12)10(9)14/h2-6H,1H3/p+1. The van der Waals surface area contributed by atoms with E-state index in [1.807, 2.05) is 0 Å². The number of nitrogens with zero attached hydrogens (tertiary/aromatic N) is 1. The van der Waals surface area contributed by atoms with Gasteiger partial charge in [-0.05, 0) is 6.07 Å². The number of carbonyl (C=O) groups excluding carboxylic acids is 1. The topological polar surface area (TPSA) is 63.3 Å². The smallest absolute Gasteiger partial charge is 0.308 e. The monoisotopic (exact) mass is 205 g/mol. The van der Waals surface area contributed by atoms with Crippen LogP contribution in [-0.4, -0.2) is 11.1 Å². The Morgan fingerprint density at radius 3 is 3.00 bits per heavy atom. The van der Waals surface area contributed by atoms with Crippen molar-refractivity contribution in [3.8, 4) is 5.75 Å². The van der Waals surface area contributed by atoms with E-state index in [1.165, 1.54) is 13.1 Å². The van der Waals surface area contributed by atoms with E-state index in [9.17, 15) is 9.59 Å². The van der Waals surface area contributed by atoms with E-state index in [0.717, 1.165) is 0 Å². The predicted octanol–water partition coefficient (Wildman–Crippen LogP) is 0.0389. The Morgan fingerprint density at radius 2 is 2.27 bits per heavy atom. The van der Waals surface area contributed by atoms with Crippen LogP contribution >= 0.6 is 0 Å². The maximum absolute atomic E-state index is 11.7. The summed E-state index contributed by atoms with van der Waals surface area (Å²) in [5.41, 5.74) is 0.112. The van der Waals surface area contributed by atoms with E-state index >= 15 is 0 Å². The van der Waals surface area contributed by atoms with Crippen molar-refractivity contribution in [3.63, 3.8) is 0 Å². The molecule has 2 aromatic rings. The molecular weight excluding hydrogens is 196 g/mol. The van der Waals surface area contributed by atoms with Gasteiger partial charge in [0.25, 0.3) is 10.9 Å².